The van der Waals surface area contributed by atoms with Gasteiger partial charge in [0.1, 0.15) is 6.20 Å². The van der Waals surface area contributed by atoms with Gasteiger partial charge in [0.05, 0.1) is 20.8 Å². The van der Waals surface area contributed by atoms with Crippen LogP contribution in [-0.4, -0.2) is 19.7 Å². The third-order valence-corrected chi connectivity index (χ3v) is 4.12. The molecule has 0 aromatic carbocycles. The first-order valence-corrected chi connectivity index (χ1v) is 5.94. The Kier molecular flexibility index (Phi) is 2.76. The van der Waals surface area contributed by atoms with Crippen LogP contribution in [0.5, 0.6) is 0 Å². The zero-order valence-electron chi connectivity index (χ0n) is 8.47. The number of halogens is 1. The number of rotatable bonds is 2. The smallest absolute Gasteiger partial charge is 0.257 e. The minimum atomic E-state index is -0.456. The van der Waals surface area contributed by atoms with Crippen LogP contribution in [0.15, 0.2) is 10.7 Å². The topological polar surface area (TPSA) is 73.8 Å². The molecule has 0 radical (unpaired) electrons. The van der Waals surface area contributed by atoms with Crippen molar-refractivity contribution in [1.29, 1.82) is 0 Å². The van der Waals surface area contributed by atoms with Crippen LogP contribution >= 0.6 is 27.3 Å². The lowest BCUT2D eigenvalue weighted by molar-refractivity contribution is -0.380. The fraction of sp³-hybridized carbons (Fsp3) is 0.250. The highest BCUT2D eigenvalue weighted by molar-refractivity contribution is 9.10. The lowest BCUT2D eigenvalue weighted by Crippen LogP contribution is -1.97. The van der Waals surface area contributed by atoms with Gasteiger partial charge in [-0.2, -0.15) is 5.10 Å². The summed E-state index contributed by atoms with van der Waals surface area (Å²) in [4.78, 5) is 14.1. The van der Waals surface area contributed by atoms with Crippen molar-refractivity contribution < 1.29 is 4.92 Å². The molecule has 2 heterocycles. The number of thiazole rings is 1. The van der Waals surface area contributed by atoms with Crippen LogP contribution in [0.4, 0.5) is 5.00 Å². The van der Waals surface area contributed by atoms with Gasteiger partial charge >= 0.3 is 5.00 Å². The van der Waals surface area contributed by atoms with Gasteiger partial charge in [-0.3, -0.25) is 10.1 Å². The van der Waals surface area contributed by atoms with Crippen molar-refractivity contribution in [3.63, 3.8) is 0 Å². The summed E-state index contributed by atoms with van der Waals surface area (Å²) in [6.45, 7) is 3.73. The number of aryl methyl sites for hydroxylation is 1. The van der Waals surface area contributed by atoms with Gasteiger partial charge in [0, 0.05) is 0 Å². The van der Waals surface area contributed by atoms with E-state index in [0.29, 0.717) is 5.13 Å². The van der Waals surface area contributed by atoms with E-state index in [4.69, 9.17) is 0 Å². The highest BCUT2D eigenvalue weighted by Crippen LogP contribution is 2.28. The molecule has 0 amide bonds. The Hall–Kier alpha value is -1.28. The van der Waals surface area contributed by atoms with Gasteiger partial charge in [-0.15, -0.1) is 0 Å². The van der Waals surface area contributed by atoms with Gasteiger partial charge in [-0.05, 0) is 41.1 Å². The summed E-state index contributed by atoms with van der Waals surface area (Å²) in [7, 11) is 0. The van der Waals surface area contributed by atoms with E-state index in [1.165, 1.54) is 6.20 Å². The first kappa shape index (κ1) is 11.2. The van der Waals surface area contributed by atoms with Crippen molar-refractivity contribution in [2.45, 2.75) is 13.8 Å². The molecule has 0 fully saturated rings. The second kappa shape index (κ2) is 3.95. The van der Waals surface area contributed by atoms with Gasteiger partial charge in [0.25, 0.3) is 0 Å². The van der Waals surface area contributed by atoms with E-state index in [0.717, 1.165) is 27.2 Å². The minimum Gasteiger partial charge on any atom is -0.257 e. The van der Waals surface area contributed by atoms with Gasteiger partial charge < -0.3 is 0 Å². The fourth-order valence-corrected chi connectivity index (χ4v) is 2.23. The second-order valence-electron chi connectivity index (χ2n) is 3.13. The second-order valence-corrected chi connectivity index (χ2v) is 4.92. The van der Waals surface area contributed by atoms with E-state index in [9.17, 15) is 10.1 Å². The zero-order chi connectivity index (χ0) is 11.9. The van der Waals surface area contributed by atoms with E-state index in [2.05, 4.69) is 26.0 Å². The van der Waals surface area contributed by atoms with Crippen molar-refractivity contribution in [3.05, 3.63) is 32.2 Å². The summed E-state index contributed by atoms with van der Waals surface area (Å²) in [6.07, 6.45) is 1.24. The summed E-state index contributed by atoms with van der Waals surface area (Å²) in [5.41, 5.74) is 1.71. The molecule has 0 N–H and O–H groups in total. The molecule has 84 valence electrons. The molecular formula is C8H7BrN4O2S. The number of hydrogen-bond donors (Lipinski definition) is 0. The summed E-state index contributed by atoms with van der Waals surface area (Å²) >= 11 is 4.39. The number of hydrogen-bond acceptors (Lipinski definition) is 5. The molecule has 0 bridgehead atoms. The molecule has 8 heteroatoms. The Balaban J connectivity index is 2.50. The van der Waals surface area contributed by atoms with Gasteiger partial charge in [-0.25, -0.2) is 9.67 Å². The Morgan fingerprint density at radius 3 is 2.69 bits per heavy atom. The maximum Gasteiger partial charge on any atom is 0.345 e. The highest BCUT2D eigenvalue weighted by atomic mass is 79.9. The molecule has 0 aliphatic rings. The SMILES string of the molecule is Cc1nn(-c2ncc([N+](=O)[O-])s2)c(C)c1Br. The minimum absolute atomic E-state index is 0.0127. The van der Waals surface area contributed by atoms with Crippen molar-refractivity contribution in [2.75, 3.05) is 0 Å². The van der Waals surface area contributed by atoms with Crippen molar-refractivity contribution in [3.8, 4) is 5.13 Å². The largest absolute Gasteiger partial charge is 0.345 e. The maximum atomic E-state index is 10.5. The molecule has 16 heavy (non-hydrogen) atoms. The predicted molar refractivity (Wildman–Crippen MR) is 63.1 cm³/mol. The highest BCUT2D eigenvalue weighted by Gasteiger charge is 2.17. The lowest BCUT2D eigenvalue weighted by Gasteiger charge is -1.96. The van der Waals surface area contributed by atoms with E-state index < -0.39 is 4.92 Å². The van der Waals surface area contributed by atoms with Crippen LogP contribution in [-0.2, 0) is 0 Å². The van der Waals surface area contributed by atoms with Gasteiger partial charge in [0.2, 0.25) is 5.13 Å². The van der Waals surface area contributed by atoms with E-state index in [1.54, 1.807) is 4.68 Å². The maximum absolute atomic E-state index is 10.5. The normalized spacial score (nSPS) is 10.7. The molecular weight excluding hydrogens is 296 g/mol. The van der Waals surface area contributed by atoms with Crippen molar-refractivity contribution in [2.24, 2.45) is 0 Å². The van der Waals surface area contributed by atoms with Gasteiger partial charge in [-0.1, -0.05) is 0 Å². The standard InChI is InChI=1S/C8H7BrN4O2S/c1-4-7(9)5(2)12(11-4)8-10-3-6(16-8)13(14)15/h3H,1-2H3. The van der Waals surface area contributed by atoms with Crippen molar-refractivity contribution >= 4 is 32.3 Å². The number of nitrogens with zero attached hydrogens (tertiary/aromatic N) is 4. The Morgan fingerprint density at radius 2 is 2.25 bits per heavy atom. The first-order valence-electron chi connectivity index (χ1n) is 4.33. The summed E-state index contributed by atoms with van der Waals surface area (Å²) in [5.74, 6) is 0. The molecule has 0 unspecified atom stereocenters. The molecule has 2 aromatic rings. The van der Waals surface area contributed by atoms with Crippen LogP contribution in [0, 0.1) is 24.0 Å². The molecule has 2 rings (SSSR count). The van der Waals surface area contributed by atoms with Crippen molar-refractivity contribution in [1.82, 2.24) is 14.8 Å². The van der Waals surface area contributed by atoms with Crippen LogP contribution in [0.3, 0.4) is 0 Å². The first-order chi connectivity index (χ1) is 7.50. The molecule has 0 aliphatic heterocycles. The molecule has 2 aromatic heterocycles. The van der Waals surface area contributed by atoms with E-state index >= 15 is 0 Å². The average molecular weight is 303 g/mol. The van der Waals surface area contributed by atoms with Crippen LogP contribution in [0.2, 0.25) is 0 Å². The summed E-state index contributed by atoms with van der Waals surface area (Å²) in [6, 6.07) is 0. The zero-order valence-corrected chi connectivity index (χ0v) is 10.9. The fourth-order valence-electron chi connectivity index (χ4n) is 1.25. The Bertz CT molecular complexity index is 562. The molecule has 0 aliphatic carbocycles. The lowest BCUT2D eigenvalue weighted by atomic mass is 10.4. The molecule has 6 nitrogen and oxygen atoms in total. The molecule has 0 atom stereocenters. The number of aromatic nitrogens is 3. The van der Waals surface area contributed by atoms with Gasteiger partial charge in [0.15, 0.2) is 0 Å². The van der Waals surface area contributed by atoms with Crippen LogP contribution < -0.4 is 0 Å². The third kappa shape index (κ3) is 1.74. The summed E-state index contributed by atoms with van der Waals surface area (Å²) < 4.78 is 2.49. The quantitative estimate of drug-likeness (QED) is 0.631. The van der Waals surface area contributed by atoms with Crippen LogP contribution in [0.25, 0.3) is 5.13 Å². The third-order valence-electron chi connectivity index (χ3n) is 2.05. The predicted octanol–water partition coefficient (Wildman–Crippen LogP) is 2.62. The monoisotopic (exact) mass is 302 g/mol. The Labute approximate surface area is 103 Å². The Morgan fingerprint density at radius 1 is 1.56 bits per heavy atom. The molecule has 0 saturated carbocycles. The molecule has 0 spiro atoms. The number of nitro groups is 1. The van der Waals surface area contributed by atoms with E-state index in [1.807, 2.05) is 13.8 Å². The van der Waals surface area contributed by atoms with E-state index in [-0.39, 0.29) is 5.00 Å². The average Bonchev–Trinajstić information content (AvgIpc) is 2.79. The van der Waals surface area contributed by atoms with Crippen LogP contribution in [0.1, 0.15) is 11.4 Å². The molecule has 0 saturated heterocycles. The summed E-state index contributed by atoms with van der Waals surface area (Å²) in [5, 5.41) is 15.3.